The van der Waals surface area contributed by atoms with Crippen LogP contribution in [0.5, 0.6) is 5.88 Å². The summed E-state index contributed by atoms with van der Waals surface area (Å²) in [5.74, 6) is 5.66. The van der Waals surface area contributed by atoms with Crippen molar-refractivity contribution >= 4 is 0 Å². The van der Waals surface area contributed by atoms with E-state index in [1.54, 1.807) is 0 Å². The molecule has 1 unspecified atom stereocenters. The van der Waals surface area contributed by atoms with E-state index in [-0.39, 0.29) is 11.6 Å². The quantitative estimate of drug-likeness (QED) is 0.656. The van der Waals surface area contributed by atoms with Gasteiger partial charge >= 0.3 is 6.18 Å². The topological polar surface area (TPSA) is 86.0 Å². The second-order valence-corrected chi connectivity index (χ2v) is 4.02. The minimum absolute atomic E-state index is 0.210. The van der Waals surface area contributed by atoms with E-state index in [2.05, 4.69) is 20.4 Å². The molecule has 0 aliphatic rings. The van der Waals surface area contributed by atoms with E-state index >= 15 is 0 Å². The lowest BCUT2D eigenvalue weighted by atomic mass is 10.1. The van der Waals surface area contributed by atoms with Crippen LogP contribution >= 0.6 is 0 Å². The van der Waals surface area contributed by atoms with Gasteiger partial charge in [-0.2, -0.15) is 13.2 Å². The van der Waals surface area contributed by atoms with E-state index in [1.807, 2.05) is 0 Å². The van der Waals surface area contributed by atoms with Crippen molar-refractivity contribution in [1.29, 1.82) is 0 Å². The third-order valence-electron chi connectivity index (χ3n) is 2.73. The van der Waals surface area contributed by atoms with Gasteiger partial charge in [0.1, 0.15) is 11.7 Å². The Bertz CT molecular complexity index is 603. The number of hydrogen-bond acceptors (Lipinski definition) is 6. The van der Waals surface area contributed by atoms with Gasteiger partial charge in [-0.1, -0.05) is 0 Å². The first-order valence-electron chi connectivity index (χ1n) is 5.81. The molecule has 1 atom stereocenters. The van der Waals surface area contributed by atoms with Crippen molar-refractivity contribution in [2.45, 2.75) is 12.2 Å². The van der Waals surface area contributed by atoms with E-state index in [0.29, 0.717) is 5.69 Å². The van der Waals surface area contributed by atoms with Crippen molar-refractivity contribution in [2.24, 2.45) is 5.84 Å². The van der Waals surface area contributed by atoms with Gasteiger partial charge in [-0.3, -0.25) is 15.8 Å². The summed E-state index contributed by atoms with van der Waals surface area (Å²) in [6, 6.07) is 1.41. The molecular formula is C12H12F3N5O. The Morgan fingerprint density at radius 1 is 1.19 bits per heavy atom. The van der Waals surface area contributed by atoms with Crippen LogP contribution in [0.4, 0.5) is 13.2 Å². The van der Waals surface area contributed by atoms with Crippen LogP contribution in [-0.2, 0) is 6.18 Å². The number of hydrazine groups is 1. The first-order valence-corrected chi connectivity index (χ1v) is 5.81. The number of hydrogen-bond donors (Lipinski definition) is 2. The number of ether oxygens (including phenoxy) is 1. The normalized spacial score (nSPS) is 13.0. The third-order valence-corrected chi connectivity index (χ3v) is 2.73. The summed E-state index contributed by atoms with van der Waals surface area (Å²) in [4.78, 5) is 11.8. The molecule has 0 amide bonds. The number of halogens is 3. The molecule has 21 heavy (non-hydrogen) atoms. The Labute approximate surface area is 118 Å². The minimum atomic E-state index is -4.44. The van der Waals surface area contributed by atoms with Crippen LogP contribution in [0.15, 0.2) is 30.7 Å². The molecule has 0 aliphatic carbocycles. The first-order chi connectivity index (χ1) is 9.97. The highest BCUT2D eigenvalue weighted by Crippen LogP contribution is 2.30. The summed E-state index contributed by atoms with van der Waals surface area (Å²) in [6.07, 6.45) is -0.855. The van der Waals surface area contributed by atoms with E-state index in [0.717, 1.165) is 12.3 Å². The molecule has 2 aromatic rings. The van der Waals surface area contributed by atoms with Crippen molar-refractivity contribution in [1.82, 2.24) is 20.4 Å². The number of rotatable bonds is 4. The summed E-state index contributed by atoms with van der Waals surface area (Å²) >= 11 is 0. The molecule has 3 N–H and O–H groups in total. The number of nitrogens with two attached hydrogens (primary N) is 1. The molecular weight excluding hydrogens is 287 g/mol. The maximum absolute atomic E-state index is 12.5. The molecule has 0 saturated heterocycles. The molecule has 9 heteroatoms. The number of pyridine rings is 1. The molecule has 2 aromatic heterocycles. The first kappa shape index (κ1) is 15.1. The maximum atomic E-state index is 12.5. The molecule has 2 rings (SSSR count). The number of methoxy groups -OCH3 is 1. The van der Waals surface area contributed by atoms with Crippen LogP contribution in [0.3, 0.4) is 0 Å². The lowest BCUT2D eigenvalue weighted by molar-refractivity contribution is -0.137. The average Bonchev–Trinajstić information content (AvgIpc) is 2.48. The summed E-state index contributed by atoms with van der Waals surface area (Å²) in [5.41, 5.74) is 2.20. The standard InChI is InChI=1S/C12H12F3N5O/c1-21-11-10(17-4-5-18-11)9(20-16)8-3-2-7(6-19-8)12(13,14)15/h2-6,9,20H,16H2,1H3. The number of aromatic nitrogens is 3. The highest BCUT2D eigenvalue weighted by Gasteiger charge is 2.31. The van der Waals surface area contributed by atoms with Crippen molar-refractivity contribution in [3.8, 4) is 5.88 Å². The average molecular weight is 299 g/mol. The molecule has 0 aliphatic heterocycles. The fourth-order valence-electron chi connectivity index (χ4n) is 1.74. The van der Waals surface area contributed by atoms with Crippen molar-refractivity contribution in [3.05, 3.63) is 47.7 Å². The zero-order chi connectivity index (χ0) is 15.5. The second kappa shape index (κ2) is 6.02. The molecule has 6 nitrogen and oxygen atoms in total. The zero-order valence-electron chi connectivity index (χ0n) is 10.9. The van der Waals surface area contributed by atoms with Gasteiger partial charge in [-0.25, -0.2) is 10.4 Å². The minimum Gasteiger partial charge on any atom is -0.480 e. The third kappa shape index (κ3) is 3.26. The van der Waals surface area contributed by atoms with Crippen molar-refractivity contribution in [2.75, 3.05) is 7.11 Å². The largest absolute Gasteiger partial charge is 0.480 e. The number of nitrogens with zero attached hydrogens (tertiary/aromatic N) is 3. The lowest BCUT2D eigenvalue weighted by Gasteiger charge is -2.17. The van der Waals surface area contributed by atoms with Crippen LogP contribution in [0, 0.1) is 0 Å². The Hall–Kier alpha value is -2.26. The van der Waals surface area contributed by atoms with E-state index in [9.17, 15) is 13.2 Å². The van der Waals surface area contributed by atoms with E-state index in [1.165, 1.54) is 25.6 Å². The molecule has 0 radical (unpaired) electrons. The van der Waals surface area contributed by atoms with E-state index < -0.39 is 17.8 Å². The predicted molar refractivity (Wildman–Crippen MR) is 67.0 cm³/mol. The summed E-state index contributed by atoms with van der Waals surface area (Å²) in [7, 11) is 1.40. The van der Waals surface area contributed by atoms with Crippen LogP contribution < -0.4 is 16.0 Å². The van der Waals surface area contributed by atoms with Crippen LogP contribution in [0.25, 0.3) is 0 Å². The summed E-state index contributed by atoms with van der Waals surface area (Å²) in [5, 5.41) is 0. The number of alkyl halides is 3. The Morgan fingerprint density at radius 3 is 2.43 bits per heavy atom. The monoisotopic (exact) mass is 299 g/mol. The number of nitrogens with one attached hydrogen (secondary N) is 1. The fraction of sp³-hybridized carbons (Fsp3) is 0.250. The molecule has 0 fully saturated rings. The zero-order valence-corrected chi connectivity index (χ0v) is 10.9. The van der Waals surface area contributed by atoms with Gasteiger partial charge in [0.2, 0.25) is 5.88 Å². The van der Waals surface area contributed by atoms with Crippen molar-refractivity contribution in [3.63, 3.8) is 0 Å². The Morgan fingerprint density at radius 2 is 1.90 bits per heavy atom. The van der Waals surface area contributed by atoms with Gasteiger partial charge in [0.05, 0.1) is 18.4 Å². The summed E-state index contributed by atoms with van der Waals surface area (Å²) in [6.45, 7) is 0. The SMILES string of the molecule is COc1nccnc1C(NN)c1ccc(C(F)(F)F)cn1. The predicted octanol–water partition coefficient (Wildman–Crippen LogP) is 1.45. The highest BCUT2D eigenvalue weighted by atomic mass is 19.4. The molecule has 0 saturated carbocycles. The Kier molecular flexibility index (Phi) is 4.34. The van der Waals surface area contributed by atoms with Crippen LogP contribution in [0.2, 0.25) is 0 Å². The van der Waals surface area contributed by atoms with Gasteiger partial charge < -0.3 is 4.74 Å². The van der Waals surface area contributed by atoms with Gasteiger partial charge in [-0.05, 0) is 12.1 Å². The molecule has 0 bridgehead atoms. The van der Waals surface area contributed by atoms with E-state index in [4.69, 9.17) is 10.6 Å². The lowest BCUT2D eigenvalue weighted by Crippen LogP contribution is -2.30. The second-order valence-electron chi connectivity index (χ2n) is 4.02. The highest BCUT2D eigenvalue weighted by molar-refractivity contribution is 5.30. The van der Waals surface area contributed by atoms with Crippen LogP contribution in [0.1, 0.15) is 23.0 Å². The molecule has 0 aromatic carbocycles. The maximum Gasteiger partial charge on any atom is 0.417 e. The van der Waals surface area contributed by atoms with Gasteiger partial charge in [0.25, 0.3) is 0 Å². The van der Waals surface area contributed by atoms with Gasteiger partial charge in [0, 0.05) is 18.6 Å². The van der Waals surface area contributed by atoms with Gasteiger partial charge in [0.15, 0.2) is 0 Å². The smallest absolute Gasteiger partial charge is 0.417 e. The molecule has 112 valence electrons. The fourth-order valence-corrected chi connectivity index (χ4v) is 1.74. The molecule has 0 spiro atoms. The Balaban J connectivity index is 2.38. The van der Waals surface area contributed by atoms with Crippen molar-refractivity contribution < 1.29 is 17.9 Å². The summed E-state index contributed by atoms with van der Waals surface area (Å²) < 4.78 is 42.6. The van der Waals surface area contributed by atoms with Gasteiger partial charge in [-0.15, -0.1) is 0 Å². The van der Waals surface area contributed by atoms with Crippen LogP contribution in [-0.4, -0.2) is 22.1 Å². The molecule has 2 heterocycles.